The van der Waals surface area contributed by atoms with Crippen molar-refractivity contribution in [3.05, 3.63) is 94.3 Å². The number of aryl methyl sites for hydroxylation is 2. The first-order valence-electron chi connectivity index (χ1n) is 22.5. The first kappa shape index (κ1) is 46.4. The highest BCUT2D eigenvalue weighted by molar-refractivity contribution is 7.89. The summed E-state index contributed by atoms with van der Waals surface area (Å²) in [6.07, 6.45) is 0.417. The van der Waals surface area contributed by atoms with Gasteiger partial charge in [-0.25, -0.2) is 23.1 Å². The van der Waals surface area contributed by atoms with Crippen molar-refractivity contribution in [3.63, 3.8) is 0 Å². The highest BCUT2D eigenvalue weighted by Crippen LogP contribution is 2.34. The van der Waals surface area contributed by atoms with Crippen LogP contribution in [-0.4, -0.2) is 108 Å². The fourth-order valence-corrected chi connectivity index (χ4v) is 11.8. The number of fused-ring (bicyclic) bond motifs is 3. The molecule has 1 unspecified atom stereocenters. The molecule has 2 aliphatic rings. The van der Waals surface area contributed by atoms with E-state index < -0.39 is 22.6 Å². The van der Waals surface area contributed by atoms with Crippen molar-refractivity contribution in [2.24, 2.45) is 0 Å². The molecule has 344 valence electrons. The van der Waals surface area contributed by atoms with Gasteiger partial charge < -0.3 is 14.8 Å². The predicted molar refractivity (Wildman–Crippen MR) is 250 cm³/mol. The Morgan fingerprint density at radius 3 is 2.43 bits per heavy atom. The summed E-state index contributed by atoms with van der Waals surface area (Å²) in [6.45, 7) is 12.5. The van der Waals surface area contributed by atoms with E-state index in [0.717, 1.165) is 90.7 Å². The lowest BCUT2D eigenvalue weighted by Crippen LogP contribution is -2.52. The number of likely N-dealkylation sites (tertiary alicyclic amines) is 1. The molecule has 65 heavy (non-hydrogen) atoms. The summed E-state index contributed by atoms with van der Waals surface area (Å²) >= 11 is 1.06. The molecule has 0 spiro atoms. The van der Waals surface area contributed by atoms with Crippen LogP contribution in [0.4, 0.5) is 19.0 Å². The van der Waals surface area contributed by atoms with E-state index in [4.69, 9.17) is 0 Å². The summed E-state index contributed by atoms with van der Waals surface area (Å²) in [5.74, 6) is 0.712. The second-order valence-electron chi connectivity index (χ2n) is 17.6. The Morgan fingerprint density at radius 2 is 1.68 bits per heavy atom. The summed E-state index contributed by atoms with van der Waals surface area (Å²) in [5.41, 5.74) is 5.06. The zero-order valence-electron chi connectivity index (χ0n) is 37.1. The summed E-state index contributed by atoms with van der Waals surface area (Å²) in [5, 5.41) is 17.0. The van der Waals surface area contributed by atoms with Crippen LogP contribution in [0.25, 0.3) is 31.9 Å². The SMILES string of the molecule is Cc1cccc2c(S(=O)(=O)NCCCCCC(=O)N3CCN(C(C)Cn4c(C#N)cc5c(C)c(CN6CCC(Nc7ncnc8sc(CC(F)(F)F)cc78)CC6)ccc54)CC3)cccc12. The van der Waals surface area contributed by atoms with Gasteiger partial charge in [0.1, 0.15) is 28.7 Å². The van der Waals surface area contributed by atoms with E-state index in [9.17, 15) is 31.6 Å². The van der Waals surface area contributed by atoms with Crippen LogP contribution >= 0.6 is 11.3 Å². The molecule has 8 rings (SSSR count). The van der Waals surface area contributed by atoms with E-state index in [1.807, 2.05) is 42.2 Å². The Hall–Kier alpha value is -5.12. The molecule has 2 aliphatic heterocycles. The number of piperazine rings is 1. The quantitative estimate of drug-likeness (QED) is 0.0915. The molecule has 6 aromatic rings. The molecule has 2 saturated heterocycles. The maximum atomic E-state index is 13.1. The lowest BCUT2D eigenvalue weighted by Gasteiger charge is -2.38. The molecule has 1 atom stereocenters. The molecule has 2 fully saturated rings. The number of rotatable bonds is 16. The Kier molecular flexibility index (Phi) is 14.1. The lowest BCUT2D eigenvalue weighted by molar-refractivity contribution is -0.133. The standard InChI is InChI=1S/C48H56F3N9O3S2/c1-32-9-7-11-40-39(32)10-8-12-44(40)65(62,63)55-18-6-4-5-13-45(61)59-23-21-58(22-24-59)33(2)29-60-37(28-52)25-41-34(3)35(14-15-43(41)60)30-57-19-16-36(17-20-57)56-46-42-26-38(27-48(49,50)51)64-47(42)54-31-53-46/h7-12,14-15,25-26,31,33,36,55H,4-6,13,16-24,27,29-30H2,1-3H3,(H,53,54,56). The van der Waals surface area contributed by atoms with Crippen LogP contribution in [0.15, 0.2) is 71.9 Å². The van der Waals surface area contributed by atoms with Crippen LogP contribution in [0.1, 0.15) is 72.7 Å². The Morgan fingerprint density at radius 1 is 0.923 bits per heavy atom. The van der Waals surface area contributed by atoms with Gasteiger partial charge in [0, 0.05) is 98.6 Å². The number of carbonyl (C=O) groups excluding carboxylic acids is 1. The Balaban J connectivity index is 0.779. The first-order chi connectivity index (χ1) is 31.2. The Bertz CT molecular complexity index is 2820. The van der Waals surface area contributed by atoms with Gasteiger partial charge in [0.2, 0.25) is 15.9 Å². The molecular weight excluding hydrogens is 872 g/mol. The second kappa shape index (κ2) is 19.8. The molecule has 0 saturated carbocycles. The maximum absolute atomic E-state index is 13.1. The number of sulfonamides is 1. The molecule has 12 nitrogen and oxygen atoms in total. The highest BCUT2D eigenvalue weighted by Gasteiger charge is 2.30. The molecular formula is C48H56F3N9O3S2. The minimum absolute atomic E-state index is 0.130. The van der Waals surface area contributed by atoms with Gasteiger partial charge in [-0.05, 0) is 92.8 Å². The van der Waals surface area contributed by atoms with E-state index in [1.54, 1.807) is 18.2 Å². The molecule has 1 amide bonds. The molecule has 5 heterocycles. The summed E-state index contributed by atoms with van der Waals surface area (Å²) in [7, 11) is -3.66. The maximum Gasteiger partial charge on any atom is 0.393 e. The van der Waals surface area contributed by atoms with Crippen molar-refractivity contribution in [3.8, 4) is 6.07 Å². The van der Waals surface area contributed by atoms with Gasteiger partial charge in [-0.15, -0.1) is 11.3 Å². The number of piperidine rings is 1. The number of halogens is 3. The number of hydrogen-bond acceptors (Lipinski definition) is 10. The fourth-order valence-electron chi connectivity index (χ4n) is 9.44. The number of benzene rings is 3. The summed E-state index contributed by atoms with van der Waals surface area (Å²) < 4.78 is 70.2. The normalized spacial score (nSPS) is 16.4. The zero-order chi connectivity index (χ0) is 45.9. The van der Waals surface area contributed by atoms with Crippen molar-refractivity contribution in [2.75, 3.05) is 51.1 Å². The van der Waals surface area contributed by atoms with Gasteiger partial charge >= 0.3 is 6.18 Å². The number of carbonyl (C=O) groups is 1. The topological polar surface area (TPSA) is 139 Å². The number of anilines is 1. The average Bonchev–Trinajstić information content (AvgIpc) is 3.86. The summed E-state index contributed by atoms with van der Waals surface area (Å²) in [4.78, 5) is 29.5. The molecule has 0 bridgehead atoms. The van der Waals surface area contributed by atoms with Gasteiger partial charge in [-0.3, -0.25) is 14.6 Å². The number of aromatic nitrogens is 3. The van der Waals surface area contributed by atoms with Crippen molar-refractivity contribution >= 4 is 65.0 Å². The number of amides is 1. The molecule has 3 aromatic carbocycles. The average molecular weight is 928 g/mol. The smallest absolute Gasteiger partial charge is 0.367 e. The number of alkyl halides is 3. The van der Waals surface area contributed by atoms with Crippen LogP contribution in [0.5, 0.6) is 0 Å². The molecule has 0 aliphatic carbocycles. The highest BCUT2D eigenvalue weighted by atomic mass is 32.2. The largest absolute Gasteiger partial charge is 0.393 e. The summed E-state index contributed by atoms with van der Waals surface area (Å²) in [6, 6.07) is 21.6. The van der Waals surface area contributed by atoms with Crippen molar-refractivity contribution in [1.82, 2.24) is 34.0 Å². The molecule has 0 radical (unpaired) electrons. The third-order valence-electron chi connectivity index (χ3n) is 13.1. The second-order valence-corrected chi connectivity index (χ2v) is 20.4. The van der Waals surface area contributed by atoms with Gasteiger partial charge in [0.05, 0.1) is 16.7 Å². The number of nitrogens with one attached hydrogen (secondary N) is 2. The van der Waals surface area contributed by atoms with E-state index >= 15 is 0 Å². The zero-order valence-corrected chi connectivity index (χ0v) is 38.8. The number of hydrogen-bond donors (Lipinski definition) is 2. The van der Waals surface area contributed by atoms with Crippen LogP contribution in [-0.2, 0) is 34.3 Å². The third-order valence-corrected chi connectivity index (χ3v) is 15.7. The minimum Gasteiger partial charge on any atom is -0.367 e. The van der Waals surface area contributed by atoms with Gasteiger partial charge in [-0.1, -0.05) is 42.8 Å². The van der Waals surface area contributed by atoms with E-state index in [1.165, 1.54) is 11.9 Å². The van der Waals surface area contributed by atoms with E-state index in [-0.39, 0.29) is 27.8 Å². The molecule has 3 aromatic heterocycles. The van der Waals surface area contributed by atoms with E-state index in [2.05, 4.69) is 66.4 Å². The fraction of sp³-hybridized carbons (Fsp3) is 0.458. The van der Waals surface area contributed by atoms with Crippen LogP contribution in [0.2, 0.25) is 0 Å². The monoisotopic (exact) mass is 927 g/mol. The predicted octanol–water partition coefficient (Wildman–Crippen LogP) is 8.54. The number of thiophene rings is 1. The molecule has 2 N–H and O–H groups in total. The molecule has 17 heteroatoms. The lowest BCUT2D eigenvalue weighted by atomic mass is 10.0. The van der Waals surface area contributed by atoms with Gasteiger partial charge in [0.15, 0.2) is 0 Å². The minimum atomic E-state index is -4.28. The van der Waals surface area contributed by atoms with Gasteiger partial charge in [-0.2, -0.15) is 18.4 Å². The first-order valence-corrected chi connectivity index (χ1v) is 24.8. The number of nitriles is 1. The Labute approximate surface area is 382 Å². The van der Waals surface area contributed by atoms with Crippen molar-refractivity contribution in [1.29, 1.82) is 5.26 Å². The third kappa shape index (κ3) is 10.8. The number of unbranched alkanes of at least 4 members (excludes halogenated alkanes) is 2. The van der Waals surface area contributed by atoms with Crippen LogP contribution in [0, 0.1) is 25.2 Å². The van der Waals surface area contributed by atoms with Crippen LogP contribution < -0.4 is 10.0 Å². The number of nitrogens with zero attached hydrogens (tertiary/aromatic N) is 7. The van der Waals surface area contributed by atoms with Crippen LogP contribution in [0.3, 0.4) is 0 Å². The van der Waals surface area contributed by atoms with Gasteiger partial charge in [0.25, 0.3) is 0 Å². The van der Waals surface area contributed by atoms with E-state index in [0.29, 0.717) is 72.6 Å². The van der Waals surface area contributed by atoms with Crippen molar-refractivity contribution < 1.29 is 26.4 Å². The van der Waals surface area contributed by atoms with Crippen molar-refractivity contribution in [2.45, 2.75) is 102 Å².